The molecule has 3 N–H and O–H groups in total. The Kier molecular flexibility index (Phi) is 69.4. The second kappa shape index (κ2) is 70.8. The lowest BCUT2D eigenvalue weighted by Crippen LogP contribution is -2.45. The van der Waals surface area contributed by atoms with E-state index < -0.39 is 12.1 Å². The van der Waals surface area contributed by atoms with Gasteiger partial charge in [0.05, 0.1) is 25.4 Å². The quantitative estimate of drug-likeness (QED) is 0.0320. The fraction of sp³-hybridized carbons (Fsp3) is 0.920. The van der Waals surface area contributed by atoms with Gasteiger partial charge in [0.15, 0.2) is 0 Å². The van der Waals surface area contributed by atoms with Gasteiger partial charge < -0.3 is 20.3 Å². The number of esters is 1. The van der Waals surface area contributed by atoms with Crippen LogP contribution in [0.5, 0.6) is 0 Å². The van der Waals surface area contributed by atoms with Gasteiger partial charge in [-0.3, -0.25) is 9.59 Å². The van der Waals surface area contributed by atoms with E-state index in [1.165, 1.54) is 347 Å². The van der Waals surface area contributed by atoms with E-state index in [-0.39, 0.29) is 18.5 Å². The number of hydrogen-bond acceptors (Lipinski definition) is 5. The summed E-state index contributed by atoms with van der Waals surface area (Å²) in [7, 11) is 0. The predicted octanol–water partition coefficient (Wildman–Crippen LogP) is 24.1. The minimum absolute atomic E-state index is 0.0143. The van der Waals surface area contributed by atoms with Crippen molar-refractivity contribution in [2.45, 2.75) is 431 Å². The summed E-state index contributed by atoms with van der Waals surface area (Å²) in [6, 6.07) is -0.624. The number of nitrogens with one attached hydrogen (secondary N) is 1. The second-order valence-electron chi connectivity index (χ2n) is 25.6. The van der Waals surface area contributed by atoms with Crippen LogP contribution in [0, 0.1) is 0 Å². The fourth-order valence-electron chi connectivity index (χ4n) is 11.8. The van der Waals surface area contributed by atoms with Crippen molar-refractivity contribution in [3.8, 4) is 0 Å². The van der Waals surface area contributed by atoms with Gasteiger partial charge in [-0.2, -0.15) is 0 Å². The van der Waals surface area contributed by atoms with Crippen LogP contribution >= 0.6 is 0 Å². The molecule has 1 amide bonds. The summed E-state index contributed by atoms with van der Waals surface area (Å²) in [6.45, 7) is 4.94. The standard InChI is InChI=1S/C75H145NO5/c1-3-5-7-9-11-13-15-17-19-39-43-47-51-55-59-63-67-73(78)72(71-77)76-74(79)68-64-60-56-52-48-44-40-37-35-33-31-29-27-25-23-21-22-24-26-28-30-32-34-36-38-42-46-50-54-58-62-66-70-81-75(80)69-65-61-57-53-49-45-41-20-18-16-14-12-10-8-6-4-2/h20,41,63,67,72-73,77-78H,3-19,21-40,42-62,64-66,68-71H2,1-2H3,(H,76,79)/b41-20-,67-63+. The smallest absolute Gasteiger partial charge is 0.305 e. The van der Waals surface area contributed by atoms with Crippen LogP contribution in [-0.2, 0) is 14.3 Å². The number of ether oxygens (including phenoxy) is 1. The minimum Gasteiger partial charge on any atom is -0.466 e. The van der Waals surface area contributed by atoms with Crippen LogP contribution in [0.1, 0.15) is 418 Å². The molecule has 0 aliphatic heterocycles. The van der Waals surface area contributed by atoms with Crippen molar-refractivity contribution in [2.75, 3.05) is 13.2 Å². The van der Waals surface area contributed by atoms with E-state index in [1.54, 1.807) is 6.08 Å². The molecule has 0 rings (SSSR count). The number of aliphatic hydroxyl groups excluding tert-OH is 2. The lowest BCUT2D eigenvalue weighted by Gasteiger charge is -2.20. The van der Waals surface area contributed by atoms with Gasteiger partial charge in [0.2, 0.25) is 5.91 Å². The van der Waals surface area contributed by atoms with Crippen molar-refractivity contribution in [3.05, 3.63) is 24.3 Å². The maximum Gasteiger partial charge on any atom is 0.305 e. The summed E-state index contributed by atoms with van der Waals surface area (Å²) in [6.07, 6.45) is 89.9. The maximum absolute atomic E-state index is 12.5. The number of allylic oxidation sites excluding steroid dienone is 3. The summed E-state index contributed by atoms with van der Waals surface area (Å²) in [5.41, 5.74) is 0. The first-order valence-corrected chi connectivity index (χ1v) is 37.1. The lowest BCUT2D eigenvalue weighted by atomic mass is 10.0. The molecule has 0 heterocycles. The van der Waals surface area contributed by atoms with E-state index in [4.69, 9.17) is 4.74 Å². The highest BCUT2D eigenvalue weighted by Crippen LogP contribution is 2.19. The zero-order valence-corrected chi connectivity index (χ0v) is 55.0. The zero-order valence-electron chi connectivity index (χ0n) is 55.0. The Balaban J connectivity index is 3.33. The summed E-state index contributed by atoms with van der Waals surface area (Å²) >= 11 is 0. The number of unbranched alkanes of at least 4 members (excludes halogenated alkanes) is 57. The Hall–Kier alpha value is -1.66. The molecule has 0 saturated heterocycles. The van der Waals surface area contributed by atoms with Crippen molar-refractivity contribution >= 4 is 11.9 Å². The Morgan fingerprint density at radius 1 is 0.333 bits per heavy atom. The van der Waals surface area contributed by atoms with E-state index in [2.05, 4.69) is 31.3 Å². The molecule has 2 atom stereocenters. The highest BCUT2D eigenvalue weighted by molar-refractivity contribution is 5.76. The van der Waals surface area contributed by atoms with Crippen LogP contribution in [0.3, 0.4) is 0 Å². The molecule has 0 spiro atoms. The molecule has 0 aliphatic carbocycles. The molecule has 0 aromatic rings. The average molecular weight is 1140 g/mol. The molecule has 0 fully saturated rings. The molecule has 81 heavy (non-hydrogen) atoms. The van der Waals surface area contributed by atoms with Gasteiger partial charge in [-0.05, 0) is 57.8 Å². The first-order valence-electron chi connectivity index (χ1n) is 37.1. The third-order valence-electron chi connectivity index (χ3n) is 17.5. The Morgan fingerprint density at radius 3 is 0.877 bits per heavy atom. The normalized spacial score (nSPS) is 12.6. The molecule has 6 heteroatoms. The van der Waals surface area contributed by atoms with E-state index in [9.17, 15) is 19.8 Å². The SMILES string of the molecule is CCCCCCCCC/C=C\CCCCCCCC(=O)OCCCCCCCCCCCCCCCCCCCCCCCCCCCCCCCCCCC(=O)NC(CO)C(O)/C=C/CCCCCCCCCCCCCCCC. The Labute approximate surface area is 507 Å². The number of aliphatic hydroxyl groups is 2. The average Bonchev–Trinajstić information content (AvgIpc) is 3.47. The van der Waals surface area contributed by atoms with Gasteiger partial charge >= 0.3 is 5.97 Å². The van der Waals surface area contributed by atoms with E-state index >= 15 is 0 Å². The summed E-state index contributed by atoms with van der Waals surface area (Å²) in [4.78, 5) is 24.6. The van der Waals surface area contributed by atoms with Crippen molar-refractivity contribution in [2.24, 2.45) is 0 Å². The molecule has 0 aromatic carbocycles. The second-order valence-corrected chi connectivity index (χ2v) is 25.6. The number of carbonyl (C=O) groups is 2. The first kappa shape index (κ1) is 79.3. The maximum atomic E-state index is 12.5. The summed E-state index contributed by atoms with van der Waals surface area (Å²) in [5.74, 6) is -0.0461. The predicted molar refractivity (Wildman–Crippen MR) is 356 cm³/mol. The third-order valence-corrected chi connectivity index (χ3v) is 17.5. The van der Waals surface area contributed by atoms with E-state index in [0.29, 0.717) is 19.4 Å². The Bertz CT molecular complexity index is 1270. The highest BCUT2D eigenvalue weighted by atomic mass is 16.5. The van der Waals surface area contributed by atoms with Gasteiger partial charge in [-0.1, -0.05) is 372 Å². The summed E-state index contributed by atoms with van der Waals surface area (Å²) < 4.78 is 5.50. The number of carbonyl (C=O) groups excluding carboxylic acids is 2. The molecule has 0 bridgehead atoms. The Morgan fingerprint density at radius 2 is 0.580 bits per heavy atom. The highest BCUT2D eigenvalue weighted by Gasteiger charge is 2.18. The minimum atomic E-state index is -0.841. The van der Waals surface area contributed by atoms with Crippen molar-refractivity contribution in [3.63, 3.8) is 0 Å². The fourth-order valence-corrected chi connectivity index (χ4v) is 11.8. The monoisotopic (exact) mass is 1140 g/mol. The molecule has 0 aromatic heterocycles. The first-order chi connectivity index (χ1) is 40.0. The van der Waals surface area contributed by atoms with Gasteiger partial charge in [0, 0.05) is 12.8 Å². The summed E-state index contributed by atoms with van der Waals surface area (Å²) in [5, 5.41) is 23.2. The van der Waals surface area contributed by atoms with Gasteiger partial charge in [-0.15, -0.1) is 0 Å². The largest absolute Gasteiger partial charge is 0.466 e. The van der Waals surface area contributed by atoms with E-state index in [0.717, 1.165) is 44.9 Å². The van der Waals surface area contributed by atoms with Gasteiger partial charge in [0.25, 0.3) is 0 Å². The molecule has 6 nitrogen and oxygen atoms in total. The number of hydrogen-bond donors (Lipinski definition) is 3. The molecule has 480 valence electrons. The van der Waals surface area contributed by atoms with Crippen molar-refractivity contribution in [1.29, 1.82) is 0 Å². The van der Waals surface area contributed by atoms with Gasteiger partial charge in [0.1, 0.15) is 0 Å². The molecule has 0 radical (unpaired) electrons. The van der Waals surface area contributed by atoms with Crippen LogP contribution < -0.4 is 5.32 Å². The van der Waals surface area contributed by atoms with Crippen LogP contribution in [0.4, 0.5) is 0 Å². The topological polar surface area (TPSA) is 95.9 Å². The van der Waals surface area contributed by atoms with Crippen molar-refractivity contribution < 1.29 is 24.5 Å². The third kappa shape index (κ3) is 67.3. The molecule has 0 saturated carbocycles. The zero-order chi connectivity index (χ0) is 58.5. The lowest BCUT2D eigenvalue weighted by molar-refractivity contribution is -0.143. The van der Waals surface area contributed by atoms with Crippen LogP contribution in [0.2, 0.25) is 0 Å². The van der Waals surface area contributed by atoms with Crippen LogP contribution in [0.15, 0.2) is 24.3 Å². The van der Waals surface area contributed by atoms with E-state index in [1.807, 2.05) is 6.08 Å². The van der Waals surface area contributed by atoms with Gasteiger partial charge in [-0.25, -0.2) is 0 Å². The number of amides is 1. The van der Waals surface area contributed by atoms with Crippen LogP contribution in [-0.4, -0.2) is 47.4 Å². The van der Waals surface area contributed by atoms with Crippen molar-refractivity contribution in [1.82, 2.24) is 5.32 Å². The molecular weight excluding hydrogens is 995 g/mol. The molecular formula is C75H145NO5. The number of rotatable bonds is 70. The molecule has 0 aliphatic rings. The van der Waals surface area contributed by atoms with Crippen LogP contribution in [0.25, 0.3) is 0 Å². The molecule has 2 unspecified atom stereocenters.